The van der Waals surface area contributed by atoms with Gasteiger partial charge in [-0.15, -0.1) is 0 Å². The van der Waals surface area contributed by atoms with Gasteiger partial charge in [-0.2, -0.15) is 5.10 Å². The number of benzene rings is 2. The zero-order valence-corrected chi connectivity index (χ0v) is 17.7. The summed E-state index contributed by atoms with van der Waals surface area (Å²) in [6.07, 6.45) is 3.40. The van der Waals surface area contributed by atoms with E-state index in [1.165, 1.54) is 24.4 Å². The van der Waals surface area contributed by atoms with Crippen molar-refractivity contribution < 1.29 is 18.7 Å². The van der Waals surface area contributed by atoms with Crippen LogP contribution in [0.2, 0.25) is 0 Å². The molecular weight excluding hydrogens is 441 g/mol. The van der Waals surface area contributed by atoms with Crippen LogP contribution in [0, 0.1) is 5.82 Å². The zero-order chi connectivity index (χ0) is 21.1. The van der Waals surface area contributed by atoms with Crippen LogP contribution >= 0.6 is 15.9 Å². The Bertz CT molecular complexity index is 874. The van der Waals surface area contributed by atoms with E-state index in [1.807, 2.05) is 18.2 Å². The van der Waals surface area contributed by atoms with E-state index in [2.05, 4.69) is 38.7 Å². The summed E-state index contributed by atoms with van der Waals surface area (Å²) >= 11 is 3.45. The summed E-state index contributed by atoms with van der Waals surface area (Å²) in [5.41, 5.74) is 3.23. The first kappa shape index (κ1) is 22.5. The lowest BCUT2D eigenvalue weighted by Crippen LogP contribution is -2.20. The Labute approximate surface area is 177 Å². The number of nitrogens with one attached hydrogen (secondary N) is 2. The number of rotatable bonds is 10. The number of unbranched alkanes of at least 4 members (excludes halogenated alkanes) is 1. The molecule has 0 bridgehead atoms. The fraction of sp³-hybridized carbons (Fsp3) is 0.286. The van der Waals surface area contributed by atoms with Crippen LogP contribution in [0.25, 0.3) is 0 Å². The molecule has 0 aliphatic rings. The van der Waals surface area contributed by atoms with Crippen LogP contribution in [0.3, 0.4) is 0 Å². The van der Waals surface area contributed by atoms with Crippen LogP contribution in [0.5, 0.6) is 5.75 Å². The Morgan fingerprint density at radius 2 is 1.93 bits per heavy atom. The molecule has 0 atom stereocenters. The average Bonchev–Trinajstić information content (AvgIpc) is 2.70. The number of nitrogens with zero attached hydrogens (tertiary/aromatic N) is 1. The fourth-order valence-electron chi connectivity index (χ4n) is 2.28. The molecule has 8 heteroatoms. The van der Waals surface area contributed by atoms with E-state index in [4.69, 9.17) is 4.74 Å². The van der Waals surface area contributed by atoms with Gasteiger partial charge < -0.3 is 10.1 Å². The fourth-order valence-corrected chi connectivity index (χ4v) is 2.79. The molecule has 0 saturated carbocycles. The third-order valence-corrected chi connectivity index (χ3v) is 4.46. The Morgan fingerprint density at radius 1 is 1.17 bits per heavy atom. The molecule has 0 heterocycles. The molecule has 29 heavy (non-hydrogen) atoms. The van der Waals surface area contributed by atoms with Crippen LogP contribution < -0.4 is 15.5 Å². The maximum absolute atomic E-state index is 13.5. The predicted octanol–water partition coefficient (Wildman–Crippen LogP) is 4.64. The van der Waals surface area contributed by atoms with Crippen LogP contribution in [-0.4, -0.2) is 24.6 Å². The van der Waals surface area contributed by atoms with E-state index >= 15 is 0 Å². The highest BCUT2D eigenvalue weighted by Gasteiger charge is 2.09. The number of hydrogen-bond donors (Lipinski definition) is 2. The van der Waals surface area contributed by atoms with Gasteiger partial charge >= 0.3 is 0 Å². The SMILES string of the molecule is CCCCOc1ccc(C=NNC(=O)CCC(=O)Nc2ccccc2F)cc1Br. The molecule has 0 saturated heterocycles. The molecule has 0 fully saturated rings. The highest BCUT2D eigenvalue weighted by atomic mass is 79.9. The number of para-hydroxylation sites is 1. The van der Waals surface area contributed by atoms with Crippen LogP contribution in [-0.2, 0) is 9.59 Å². The van der Waals surface area contributed by atoms with Crippen molar-refractivity contribution in [3.8, 4) is 5.75 Å². The average molecular weight is 464 g/mol. The minimum absolute atomic E-state index is 0.0640. The lowest BCUT2D eigenvalue weighted by atomic mass is 10.2. The number of anilines is 1. The summed E-state index contributed by atoms with van der Waals surface area (Å²) in [4.78, 5) is 23.6. The molecule has 2 N–H and O–H groups in total. The molecule has 0 aliphatic heterocycles. The second kappa shape index (κ2) is 12.0. The second-order valence-electron chi connectivity index (χ2n) is 6.21. The van der Waals surface area contributed by atoms with Gasteiger partial charge in [0.25, 0.3) is 0 Å². The Morgan fingerprint density at radius 3 is 2.66 bits per heavy atom. The first-order valence-corrected chi connectivity index (χ1v) is 10.1. The summed E-state index contributed by atoms with van der Waals surface area (Å²) in [5, 5.41) is 6.31. The van der Waals surface area contributed by atoms with Crippen molar-refractivity contribution in [3.05, 3.63) is 58.3 Å². The van der Waals surface area contributed by atoms with Crippen LogP contribution in [0.4, 0.5) is 10.1 Å². The smallest absolute Gasteiger partial charge is 0.240 e. The van der Waals surface area contributed by atoms with Crippen molar-refractivity contribution in [2.45, 2.75) is 32.6 Å². The number of carbonyl (C=O) groups excluding carboxylic acids is 2. The monoisotopic (exact) mass is 463 g/mol. The minimum Gasteiger partial charge on any atom is -0.492 e. The molecule has 2 amide bonds. The number of amides is 2. The van der Waals surface area contributed by atoms with Crippen molar-refractivity contribution in [1.82, 2.24) is 5.43 Å². The van der Waals surface area contributed by atoms with E-state index in [9.17, 15) is 14.0 Å². The lowest BCUT2D eigenvalue weighted by Gasteiger charge is -2.08. The molecule has 6 nitrogen and oxygen atoms in total. The zero-order valence-electron chi connectivity index (χ0n) is 16.1. The quantitative estimate of drug-likeness (QED) is 0.306. The normalized spacial score (nSPS) is 10.7. The third-order valence-electron chi connectivity index (χ3n) is 3.84. The molecular formula is C21H23BrFN3O3. The van der Waals surface area contributed by atoms with E-state index in [0.717, 1.165) is 28.6 Å². The molecule has 0 unspecified atom stereocenters. The van der Waals surface area contributed by atoms with E-state index in [-0.39, 0.29) is 18.5 Å². The topological polar surface area (TPSA) is 79.8 Å². The Hall–Kier alpha value is -2.74. The van der Waals surface area contributed by atoms with Gasteiger partial charge in [0.2, 0.25) is 11.8 Å². The summed E-state index contributed by atoms with van der Waals surface area (Å²) in [6, 6.07) is 11.3. The van der Waals surface area contributed by atoms with Crippen LogP contribution in [0.15, 0.2) is 52.0 Å². The largest absolute Gasteiger partial charge is 0.492 e. The molecule has 0 spiro atoms. The van der Waals surface area contributed by atoms with Gasteiger partial charge in [0.1, 0.15) is 11.6 Å². The molecule has 154 valence electrons. The van der Waals surface area contributed by atoms with Gasteiger partial charge in [0.15, 0.2) is 0 Å². The number of halogens is 2. The lowest BCUT2D eigenvalue weighted by molar-refractivity contribution is -0.124. The minimum atomic E-state index is -0.525. The van der Waals surface area contributed by atoms with Crippen molar-refractivity contribution in [3.63, 3.8) is 0 Å². The number of ether oxygens (including phenoxy) is 1. The van der Waals surface area contributed by atoms with Gasteiger partial charge in [-0.05, 0) is 58.2 Å². The van der Waals surface area contributed by atoms with Gasteiger partial charge in [0, 0.05) is 12.8 Å². The van der Waals surface area contributed by atoms with Crippen molar-refractivity contribution >= 4 is 39.6 Å². The van der Waals surface area contributed by atoms with Gasteiger partial charge in [-0.3, -0.25) is 9.59 Å². The maximum Gasteiger partial charge on any atom is 0.240 e. The van der Waals surface area contributed by atoms with E-state index in [1.54, 1.807) is 6.07 Å². The van der Waals surface area contributed by atoms with Gasteiger partial charge in [0.05, 0.1) is 23.0 Å². The highest BCUT2D eigenvalue weighted by Crippen LogP contribution is 2.25. The number of hydrogen-bond acceptors (Lipinski definition) is 4. The molecule has 0 aliphatic carbocycles. The molecule has 2 aromatic carbocycles. The van der Waals surface area contributed by atoms with Crippen LogP contribution in [0.1, 0.15) is 38.2 Å². The summed E-state index contributed by atoms with van der Waals surface area (Å²) in [5.74, 6) is -0.635. The Kier molecular flexibility index (Phi) is 9.30. The Balaban J connectivity index is 1.75. The van der Waals surface area contributed by atoms with E-state index < -0.39 is 17.6 Å². The number of hydrazone groups is 1. The second-order valence-corrected chi connectivity index (χ2v) is 7.07. The third kappa shape index (κ3) is 8.03. The summed E-state index contributed by atoms with van der Waals surface area (Å²) in [6.45, 7) is 2.75. The van der Waals surface area contributed by atoms with Crippen molar-refractivity contribution in [2.75, 3.05) is 11.9 Å². The summed E-state index contributed by atoms with van der Waals surface area (Å²) < 4.78 is 19.9. The van der Waals surface area contributed by atoms with Gasteiger partial charge in [-0.25, -0.2) is 9.82 Å². The standard InChI is InChI=1S/C21H23BrFN3O3/c1-2-3-12-29-19-9-8-15(13-16(19)22)14-24-26-21(28)11-10-20(27)25-18-7-5-4-6-17(18)23/h4-9,13-14H,2-3,10-12H2,1H3,(H,25,27)(H,26,28). The first-order chi connectivity index (χ1) is 14.0. The van der Waals surface area contributed by atoms with Crippen molar-refractivity contribution in [1.29, 1.82) is 0 Å². The van der Waals surface area contributed by atoms with Crippen molar-refractivity contribution in [2.24, 2.45) is 5.10 Å². The van der Waals surface area contributed by atoms with Gasteiger partial charge in [-0.1, -0.05) is 25.5 Å². The molecule has 2 rings (SSSR count). The maximum atomic E-state index is 13.5. The molecule has 0 radical (unpaired) electrons. The molecule has 2 aromatic rings. The predicted molar refractivity (Wildman–Crippen MR) is 115 cm³/mol. The molecule has 0 aromatic heterocycles. The van der Waals surface area contributed by atoms with E-state index in [0.29, 0.717) is 6.61 Å². The highest BCUT2D eigenvalue weighted by molar-refractivity contribution is 9.10. The number of carbonyl (C=O) groups is 2. The summed E-state index contributed by atoms with van der Waals surface area (Å²) in [7, 11) is 0. The first-order valence-electron chi connectivity index (χ1n) is 9.28.